The van der Waals surface area contributed by atoms with E-state index in [0.717, 1.165) is 6.42 Å². The summed E-state index contributed by atoms with van der Waals surface area (Å²) in [6, 6.07) is 9.27. The molecule has 0 aliphatic heterocycles. The third kappa shape index (κ3) is 3.17. The number of nitrogens with one attached hydrogen (secondary N) is 2. The van der Waals surface area contributed by atoms with Crippen molar-refractivity contribution < 1.29 is 0 Å². The van der Waals surface area contributed by atoms with E-state index in [1.807, 2.05) is 35.1 Å². The second kappa shape index (κ2) is 6.35. The van der Waals surface area contributed by atoms with E-state index in [1.165, 1.54) is 15.3 Å². The summed E-state index contributed by atoms with van der Waals surface area (Å²) >= 11 is 3.63. The molecule has 0 fully saturated rings. The van der Waals surface area contributed by atoms with Crippen LogP contribution in [0.5, 0.6) is 0 Å². The van der Waals surface area contributed by atoms with Crippen LogP contribution in [0.3, 0.4) is 0 Å². The lowest BCUT2D eigenvalue weighted by atomic mass is 10.1. The number of hydrogen-bond acceptors (Lipinski definition) is 4. The van der Waals surface area contributed by atoms with Crippen LogP contribution in [0.1, 0.15) is 34.3 Å². The summed E-state index contributed by atoms with van der Waals surface area (Å²) in [5.74, 6) is 0. The molecular formula is C15H17N3S2. The maximum absolute atomic E-state index is 4.03. The highest BCUT2D eigenvalue weighted by Gasteiger charge is 2.17. The lowest BCUT2D eigenvalue weighted by Gasteiger charge is -2.21. The Morgan fingerprint density at radius 2 is 2.10 bits per heavy atom. The normalized spacial score (nSPS) is 14.2. The number of H-pyrrole nitrogens is 1. The Morgan fingerprint density at radius 3 is 2.75 bits per heavy atom. The zero-order chi connectivity index (χ0) is 13.8. The van der Waals surface area contributed by atoms with E-state index >= 15 is 0 Å². The molecule has 2 unspecified atom stereocenters. The van der Waals surface area contributed by atoms with Crippen LogP contribution in [-0.4, -0.2) is 10.2 Å². The predicted octanol–water partition coefficient (Wildman–Crippen LogP) is 4.17. The first-order chi connectivity index (χ1) is 9.83. The van der Waals surface area contributed by atoms with Gasteiger partial charge in [0.25, 0.3) is 0 Å². The molecule has 3 rings (SSSR count). The first-order valence-electron chi connectivity index (χ1n) is 6.63. The summed E-state index contributed by atoms with van der Waals surface area (Å²) in [7, 11) is 0. The molecule has 20 heavy (non-hydrogen) atoms. The largest absolute Gasteiger partial charge is 0.302 e. The highest BCUT2D eigenvalue weighted by Crippen LogP contribution is 2.27. The molecule has 104 valence electrons. The first-order valence-corrected chi connectivity index (χ1v) is 8.39. The number of nitrogens with zero attached hydrogens (tertiary/aromatic N) is 1. The van der Waals surface area contributed by atoms with Crippen LogP contribution in [0.25, 0.3) is 0 Å². The maximum Gasteiger partial charge on any atom is 0.0534 e. The van der Waals surface area contributed by atoms with Crippen molar-refractivity contribution >= 4 is 22.7 Å². The number of thiophene rings is 2. The van der Waals surface area contributed by atoms with Crippen LogP contribution < -0.4 is 5.32 Å². The van der Waals surface area contributed by atoms with Crippen molar-refractivity contribution in [2.45, 2.75) is 25.4 Å². The Hall–Kier alpha value is -1.43. The van der Waals surface area contributed by atoms with Crippen molar-refractivity contribution in [3.05, 3.63) is 62.7 Å². The van der Waals surface area contributed by atoms with Gasteiger partial charge in [0.1, 0.15) is 0 Å². The third-order valence-electron chi connectivity index (χ3n) is 3.34. The molecule has 0 spiro atoms. The van der Waals surface area contributed by atoms with E-state index in [9.17, 15) is 0 Å². The minimum Gasteiger partial charge on any atom is -0.302 e. The quantitative estimate of drug-likeness (QED) is 0.717. The van der Waals surface area contributed by atoms with Gasteiger partial charge < -0.3 is 5.32 Å². The molecule has 0 saturated carbocycles. The van der Waals surface area contributed by atoms with E-state index in [-0.39, 0.29) is 6.04 Å². The standard InChI is InChI=1S/C15H17N3S2/c1-11(12-9-16-17-10-12)18-14(15-5-3-7-20-15)8-13-4-2-6-19-13/h2-7,9-11,14,18H,8H2,1H3,(H,16,17). The summed E-state index contributed by atoms with van der Waals surface area (Å²) in [6.07, 6.45) is 4.86. The minimum atomic E-state index is 0.279. The van der Waals surface area contributed by atoms with Gasteiger partial charge in [0.15, 0.2) is 0 Å². The fourth-order valence-electron chi connectivity index (χ4n) is 2.26. The van der Waals surface area contributed by atoms with Crippen molar-refractivity contribution in [1.29, 1.82) is 0 Å². The lowest BCUT2D eigenvalue weighted by Crippen LogP contribution is -2.25. The molecule has 0 aromatic carbocycles. The van der Waals surface area contributed by atoms with Gasteiger partial charge in [-0.25, -0.2) is 0 Å². The topological polar surface area (TPSA) is 40.7 Å². The molecule has 2 atom stereocenters. The van der Waals surface area contributed by atoms with Crippen LogP contribution in [0.2, 0.25) is 0 Å². The van der Waals surface area contributed by atoms with Crippen molar-refractivity contribution in [1.82, 2.24) is 15.5 Å². The van der Waals surface area contributed by atoms with Crippen LogP contribution in [0, 0.1) is 0 Å². The number of hydrogen-bond donors (Lipinski definition) is 2. The van der Waals surface area contributed by atoms with Crippen LogP contribution in [-0.2, 0) is 6.42 Å². The zero-order valence-electron chi connectivity index (χ0n) is 11.2. The summed E-state index contributed by atoms with van der Waals surface area (Å²) in [5, 5.41) is 14.9. The van der Waals surface area contributed by atoms with Gasteiger partial charge in [-0.15, -0.1) is 22.7 Å². The summed E-state index contributed by atoms with van der Waals surface area (Å²) < 4.78 is 0. The highest BCUT2D eigenvalue weighted by molar-refractivity contribution is 7.10. The smallest absolute Gasteiger partial charge is 0.0534 e. The van der Waals surface area contributed by atoms with Gasteiger partial charge in [-0.3, -0.25) is 5.10 Å². The number of rotatable bonds is 6. The fraction of sp³-hybridized carbons (Fsp3) is 0.267. The van der Waals surface area contributed by atoms with E-state index in [0.29, 0.717) is 6.04 Å². The van der Waals surface area contributed by atoms with E-state index in [4.69, 9.17) is 0 Å². The minimum absolute atomic E-state index is 0.279. The maximum atomic E-state index is 4.03. The van der Waals surface area contributed by atoms with Gasteiger partial charge in [-0.05, 0) is 29.8 Å². The van der Waals surface area contributed by atoms with E-state index in [1.54, 1.807) is 0 Å². The predicted molar refractivity (Wildman–Crippen MR) is 85.2 cm³/mol. The molecule has 0 radical (unpaired) electrons. The SMILES string of the molecule is CC(NC(Cc1cccs1)c1cccs1)c1cn[nH]c1. The second-order valence-corrected chi connectivity index (χ2v) is 6.78. The monoisotopic (exact) mass is 303 g/mol. The Labute approximate surface area is 126 Å². The third-order valence-corrected chi connectivity index (χ3v) is 5.23. The lowest BCUT2D eigenvalue weighted by molar-refractivity contribution is 0.472. The molecule has 3 nitrogen and oxygen atoms in total. The molecule has 0 aliphatic rings. The Kier molecular flexibility index (Phi) is 4.30. The van der Waals surface area contributed by atoms with Gasteiger partial charge in [-0.1, -0.05) is 12.1 Å². The highest BCUT2D eigenvalue weighted by atomic mass is 32.1. The van der Waals surface area contributed by atoms with Crippen molar-refractivity contribution in [2.75, 3.05) is 0 Å². The van der Waals surface area contributed by atoms with Gasteiger partial charge in [0, 0.05) is 40.0 Å². The van der Waals surface area contributed by atoms with E-state index in [2.05, 4.69) is 57.5 Å². The zero-order valence-corrected chi connectivity index (χ0v) is 12.9. The van der Waals surface area contributed by atoms with Crippen LogP contribution in [0.4, 0.5) is 0 Å². The first kappa shape index (κ1) is 13.5. The molecule has 3 heterocycles. The van der Waals surface area contributed by atoms with Gasteiger partial charge in [-0.2, -0.15) is 5.10 Å². The molecular weight excluding hydrogens is 286 g/mol. The molecule has 5 heteroatoms. The molecule has 0 bridgehead atoms. The Bertz CT molecular complexity index is 600. The fourth-order valence-corrected chi connectivity index (χ4v) is 3.80. The van der Waals surface area contributed by atoms with Crippen molar-refractivity contribution in [3.63, 3.8) is 0 Å². The van der Waals surface area contributed by atoms with Gasteiger partial charge in [0.2, 0.25) is 0 Å². The average Bonchev–Trinajstić information content (AvgIpc) is 3.20. The Balaban J connectivity index is 1.75. The molecule has 0 aliphatic carbocycles. The van der Waals surface area contributed by atoms with Crippen LogP contribution >= 0.6 is 22.7 Å². The van der Waals surface area contributed by atoms with Crippen molar-refractivity contribution in [3.8, 4) is 0 Å². The van der Waals surface area contributed by atoms with Gasteiger partial charge in [0.05, 0.1) is 6.20 Å². The molecule has 3 aromatic rings. The second-order valence-electron chi connectivity index (χ2n) is 4.77. The molecule has 3 aromatic heterocycles. The van der Waals surface area contributed by atoms with Crippen LogP contribution in [0.15, 0.2) is 47.4 Å². The van der Waals surface area contributed by atoms with E-state index < -0.39 is 0 Å². The molecule has 2 N–H and O–H groups in total. The molecule has 0 amide bonds. The number of aromatic amines is 1. The van der Waals surface area contributed by atoms with Gasteiger partial charge >= 0.3 is 0 Å². The Morgan fingerprint density at radius 1 is 1.25 bits per heavy atom. The average molecular weight is 303 g/mol. The summed E-state index contributed by atoms with van der Waals surface area (Å²) in [4.78, 5) is 2.80. The van der Waals surface area contributed by atoms with Crippen molar-refractivity contribution in [2.24, 2.45) is 0 Å². The summed E-state index contributed by atoms with van der Waals surface area (Å²) in [6.45, 7) is 2.18. The number of aromatic nitrogens is 2. The molecule has 0 saturated heterocycles. The summed E-state index contributed by atoms with van der Waals surface area (Å²) in [5.41, 5.74) is 1.19.